The molecule has 5 nitrogen and oxygen atoms in total. The van der Waals surface area contributed by atoms with Gasteiger partial charge >= 0.3 is 0 Å². The minimum atomic E-state index is 0.221. The van der Waals surface area contributed by atoms with Gasteiger partial charge in [-0.3, -0.25) is 0 Å². The van der Waals surface area contributed by atoms with Crippen molar-refractivity contribution in [1.29, 1.82) is 5.26 Å². The summed E-state index contributed by atoms with van der Waals surface area (Å²) in [6.07, 6.45) is 3.25. The number of fused-ring (bicyclic) bond motifs is 3. The predicted octanol–water partition coefficient (Wildman–Crippen LogP) is 3.57. The fraction of sp³-hybridized carbons (Fsp3) is 0.158. The molecule has 0 saturated heterocycles. The van der Waals surface area contributed by atoms with E-state index < -0.39 is 0 Å². The quantitative estimate of drug-likeness (QED) is 0.781. The van der Waals surface area contributed by atoms with Crippen LogP contribution in [-0.2, 0) is 12.8 Å². The van der Waals surface area contributed by atoms with Crippen molar-refractivity contribution in [1.82, 2.24) is 4.98 Å². The first-order chi connectivity index (χ1) is 11.7. The van der Waals surface area contributed by atoms with Crippen molar-refractivity contribution in [3.63, 3.8) is 0 Å². The van der Waals surface area contributed by atoms with E-state index in [1.807, 2.05) is 18.2 Å². The molecule has 2 N–H and O–H groups in total. The van der Waals surface area contributed by atoms with E-state index in [1.54, 1.807) is 19.4 Å². The molecular weight excluding hydrogens is 302 g/mol. The van der Waals surface area contributed by atoms with E-state index in [9.17, 15) is 5.26 Å². The molecule has 0 amide bonds. The van der Waals surface area contributed by atoms with Gasteiger partial charge in [0.15, 0.2) is 0 Å². The minimum Gasteiger partial charge on any atom is -0.497 e. The number of ether oxygens (including phenoxy) is 1. The summed E-state index contributed by atoms with van der Waals surface area (Å²) in [6.45, 7) is 0. The molecule has 0 bridgehead atoms. The summed E-state index contributed by atoms with van der Waals surface area (Å²) in [6, 6.07) is 11.8. The van der Waals surface area contributed by atoms with Gasteiger partial charge < -0.3 is 14.9 Å². The Morgan fingerprint density at radius 2 is 2.17 bits per heavy atom. The van der Waals surface area contributed by atoms with Gasteiger partial charge in [0.1, 0.15) is 29.0 Å². The van der Waals surface area contributed by atoms with Crippen molar-refractivity contribution in [2.75, 3.05) is 12.8 Å². The van der Waals surface area contributed by atoms with Crippen LogP contribution in [0.4, 0.5) is 5.82 Å². The number of methoxy groups -OCH3 is 1. The first-order valence-corrected chi connectivity index (χ1v) is 7.66. The highest BCUT2D eigenvalue weighted by Gasteiger charge is 2.26. The summed E-state index contributed by atoms with van der Waals surface area (Å²) < 4.78 is 10.9. The first-order valence-electron chi connectivity index (χ1n) is 7.66. The number of hydrogen-bond acceptors (Lipinski definition) is 5. The average molecular weight is 317 g/mol. The largest absolute Gasteiger partial charge is 0.497 e. The number of nitriles is 1. The minimum absolute atomic E-state index is 0.221. The summed E-state index contributed by atoms with van der Waals surface area (Å²) in [5.74, 6) is 1.63. The first kappa shape index (κ1) is 14.3. The van der Waals surface area contributed by atoms with Crippen LogP contribution in [0.15, 0.2) is 41.0 Å². The number of hydrogen-bond donors (Lipinski definition) is 1. The number of aromatic nitrogens is 1. The van der Waals surface area contributed by atoms with Gasteiger partial charge in [0.25, 0.3) is 0 Å². The van der Waals surface area contributed by atoms with E-state index in [1.165, 1.54) is 5.56 Å². The van der Waals surface area contributed by atoms with Gasteiger partial charge in [0.2, 0.25) is 0 Å². The van der Waals surface area contributed by atoms with Crippen LogP contribution >= 0.6 is 0 Å². The van der Waals surface area contributed by atoms with Gasteiger partial charge in [-0.15, -0.1) is 0 Å². The third-order valence-corrected chi connectivity index (χ3v) is 4.42. The third-order valence-electron chi connectivity index (χ3n) is 4.42. The fourth-order valence-electron chi connectivity index (χ4n) is 3.29. The standard InChI is InChI=1S/C19H15N3O2/c1-23-12-6-4-11-5-7-13-17(16-3-2-8-24-16)15(10-20)19(21)22-18(13)14(11)9-12/h2-4,6,8-9H,5,7H2,1H3,(H2,21,22). The smallest absolute Gasteiger partial charge is 0.142 e. The second-order valence-electron chi connectivity index (χ2n) is 5.69. The zero-order valence-corrected chi connectivity index (χ0v) is 13.2. The van der Waals surface area contributed by atoms with Crippen LogP contribution in [0.5, 0.6) is 5.75 Å². The maximum absolute atomic E-state index is 9.55. The molecule has 1 aromatic carbocycles. The lowest BCUT2D eigenvalue weighted by Crippen LogP contribution is -2.11. The maximum atomic E-state index is 9.55. The Bertz CT molecular complexity index is 969. The van der Waals surface area contributed by atoms with Crippen LogP contribution in [0, 0.1) is 11.3 Å². The average Bonchev–Trinajstić information content (AvgIpc) is 3.14. The van der Waals surface area contributed by atoms with E-state index in [2.05, 4.69) is 17.1 Å². The highest BCUT2D eigenvalue weighted by atomic mass is 16.5. The molecule has 2 heterocycles. The van der Waals surface area contributed by atoms with Crippen LogP contribution in [0.2, 0.25) is 0 Å². The molecule has 0 spiro atoms. The molecule has 0 unspecified atom stereocenters. The Hall–Kier alpha value is -3.26. The molecule has 0 aliphatic heterocycles. The number of rotatable bonds is 2. The molecule has 3 aromatic rings. The van der Waals surface area contributed by atoms with Crippen LogP contribution in [0.25, 0.3) is 22.6 Å². The molecule has 4 rings (SSSR count). The van der Waals surface area contributed by atoms with Crippen LogP contribution in [0.3, 0.4) is 0 Å². The lowest BCUT2D eigenvalue weighted by atomic mass is 9.84. The van der Waals surface area contributed by atoms with E-state index in [-0.39, 0.29) is 5.82 Å². The molecule has 0 saturated carbocycles. The summed E-state index contributed by atoms with van der Waals surface area (Å²) in [7, 11) is 1.64. The van der Waals surface area contributed by atoms with E-state index >= 15 is 0 Å². The van der Waals surface area contributed by atoms with Gasteiger partial charge in [0, 0.05) is 11.1 Å². The van der Waals surface area contributed by atoms with Gasteiger partial charge in [-0.1, -0.05) is 6.07 Å². The van der Waals surface area contributed by atoms with Crippen molar-refractivity contribution >= 4 is 5.82 Å². The second-order valence-corrected chi connectivity index (χ2v) is 5.69. The number of nitrogen functional groups attached to an aromatic ring is 1. The molecular formula is C19H15N3O2. The zero-order chi connectivity index (χ0) is 16.7. The summed E-state index contributed by atoms with van der Waals surface area (Å²) >= 11 is 0. The molecule has 1 aliphatic carbocycles. The van der Waals surface area contributed by atoms with E-state index in [0.29, 0.717) is 11.3 Å². The normalized spacial score (nSPS) is 12.2. The van der Waals surface area contributed by atoms with Gasteiger partial charge in [-0.05, 0) is 48.2 Å². The summed E-state index contributed by atoms with van der Waals surface area (Å²) in [5, 5.41) is 9.55. The summed E-state index contributed by atoms with van der Waals surface area (Å²) in [4.78, 5) is 4.53. The van der Waals surface area contributed by atoms with Crippen LogP contribution in [-0.4, -0.2) is 12.1 Å². The number of nitrogens with two attached hydrogens (primary N) is 1. The van der Waals surface area contributed by atoms with Crippen LogP contribution < -0.4 is 10.5 Å². The van der Waals surface area contributed by atoms with Gasteiger partial charge in [-0.25, -0.2) is 4.98 Å². The number of pyridine rings is 1. The molecule has 24 heavy (non-hydrogen) atoms. The highest BCUT2D eigenvalue weighted by Crippen LogP contribution is 2.42. The Morgan fingerprint density at radius 3 is 2.88 bits per heavy atom. The van der Waals surface area contributed by atoms with Crippen molar-refractivity contribution in [3.05, 3.63) is 53.3 Å². The lowest BCUT2D eigenvalue weighted by molar-refractivity contribution is 0.415. The number of benzene rings is 1. The van der Waals surface area contributed by atoms with E-state index in [0.717, 1.165) is 41.0 Å². The lowest BCUT2D eigenvalue weighted by Gasteiger charge is -2.23. The molecule has 5 heteroatoms. The predicted molar refractivity (Wildman–Crippen MR) is 90.5 cm³/mol. The van der Waals surface area contributed by atoms with Gasteiger partial charge in [0.05, 0.1) is 19.1 Å². The van der Waals surface area contributed by atoms with Crippen LogP contribution in [0.1, 0.15) is 16.7 Å². The Morgan fingerprint density at radius 1 is 1.29 bits per heavy atom. The van der Waals surface area contributed by atoms with E-state index in [4.69, 9.17) is 14.9 Å². The SMILES string of the molecule is COc1ccc2c(c1)-c1nc(N)c(C#N)c(-c3ccco3)c1CC2. The Labute approximate surface area is 139 Å². The molecule has 1 aliphatic rings. The van der Waals surface area contributed by atoms with Crippen molar-refractivity contribution in [2.45, 2.75) is 12.8 Å². The molecule has 0 fully saturated rings. The number of aryl methyl sites for hydroxylation is 1. The molecule has 0 atom stereocenters. The van der Waals surface area contributed by atoms with Gasteiger partial charge in [-0.2, -0.15) is 5.26 Å². The summed E-state index contributed by atoms with van der Waals surface area (Å²) in [5.41, 5.74) is 11.2. The zero-order valence-electron chi connectivity index (χ0n) is 13.2. The van der Waals surface area contributed by atoms with Crippen molar-refractivity contribution < 1.29 is 9.15 Å². The molecule has 118 valence electrons. The second kappa shape index (κ2) is 5.43. The topological polar surface area (TPSA) is 85.1 Å². The Kier molecular flexibility index (Phi) is 3.24. The van der Waals surface area contributed by atoms with Crippen molar-refractivity contribution in [2.24, 2.45) is 0 Å². The molecule has 2 aromatic heterocycles. The van der Waals surface area contributed by atoms with Crippen molar-refractivity contribution in [3.8, 4) is 34.4 Å². The highest BCUT2D eigenvalue weighted by molar-refractivity contribution is 5.84. The number of nitrogens with zero attached hydrogens (tertiary/aromatic N) is 2. The third kappa shape index (κ3) is 2.04. The molecule has 0 radical (unpaired) electrons. The number of furan rings is 1. The Balaban J connectivity index is 2.05. The monoisotopic (exact) mass is 317 g/mol. The number of anilines is 1. The maximum Gasteiger partial charge on any atom is 0.142 e. The fourth-order valence-corrected chi connectivity index (χ4v) is 3.29.